The van der Waals surface area contributed by atoms with Crippen LogP contribution in [-0.2, 0) is 16.6 Å². The fraction of sp³-hybridized carbons (Fsp3) is 0.667. The van der Waals surface area contributed by atoms with E-state index in [1.807, 2.05) is 20.9 Å². The second kappa shape index (κ2) is 6.48. The molecule has 0 spiro atoms. The van der Waals surface area contributed by atoms with Gasteiger partial charge in [-0.2, -0.15) is 5.10 Å². The van der Waals surface area contributed by atoms with Gasteiger partial charge in [-0.3, -0.25) is 14.3 Å². The van der Waals surface area contributed by atoms with E-state index in [9.17, 15) is 9.59 Å². The van der Waals surface area contributed by atoms with Gasteiger partial charge in [-0.05, 0) is 12.8 Å². The fourth-order valence-electron chi connectivity index (χ4n) is 2.93. The second-order valence-electron chi connectivity index (χ2n) is 5.84. The molecule has 122 valence electrons. The molecule has 1 aromatic heterocycles. The summed E-state index contributed by atoms with van der Waals surface area (Å²) < 4.78 is 1.66. The number of carbonyl (C=O) groups excluding carboxylic acids is 2. The van der Waals surface area contributed by atoms with Crippen molar-refractivity contribution in [2.45, 2.75) is 26.7 Å². The van der Waals surface area contributed by atoms with Crippen molar-refractivity contribution in [1.29, 1.82) is 0 Å². The molecule has 1 aromatic rings. The molecule has 1 fully saturated rings. The molecule has 2 amide bonds. The Morgan fingerprint density at radius 1 is 1.36 bits per heavy atom. The molecule has 0 atom stereocenters. The molecule has 1 aliphatic heterocycles. The van der Waals surface area contributed by atoms with Gasteiger partial charge in [0.05, 0.1) is 17.3 Å². The smallest absolute Gasteiger partial charge is 0.246 e. The summed E-state index contributed by atoms with van der Waals surface area (Å²) in [6.45, 7) is 5.39. The Morgan fingerprint density at radius 2 is 2.05 bits per heavy atom. The number of hydrogen-bond acceptors (Lipinski definition) is 4. The topological polar surface area (TPSA) is 84.5 Å². The summed E-state index contributed by atoms with van der Waals surface area (Å²) in [5.41, 5.74) is 6.07. The van der Waals surface area contributed by atoms with Crippen LogP contribution in [0.4, 0.5) is 5.69 Å². The number of piperazine rings is 1. The highest BCUT2D eigenvalue weighted by Gasteiger charge is 2.39. The summed E-state index contributed by atoms with van der Waals surface area (Å²) in [5, 5.41) is 4.09. The van der Waals surface area contributed by atoms with Gasteiger partial charge >= 0.3 is 0 Å². The number of anilines is 1. The highest BCUT2D eigenvalue weighted by Crippen LogP contribution is 2.29. The molecule has 7 heteroatoms. The summed E-state index contributed by atoms with van der Waals surface area (Å²) in [6, 6.07) is 0. The maximum Gasteiger partial charge on any atom is 0.246 e. The van der Waals surface area contributed by atoms with Crippen LogP contribution in [0, 0.1) is 5.41 Å². The van der Waals surface area contributed by atoms with Gasteiger partial charge in [-0.1, -0.05) is 13.8 Å². The number of carbonyl (C=O) groups is 2. The summed E-state index contributed by atoms with van der Waals surface area (Å²) in [4.78, 5) is 28.5. The third-order valence-electron chi connectivity index (χ3n) is 4.71. The first-order chi connectivity index (χ1) is 10.5. The monoisotopic (exact) mass is 307 g/mol. The lowest BCUT2D eigenvalue weighted by Crippen LogP contribution is -2.57. The van der Waals surface area contributed by atoms with Crippen LogP contribution in [-0.4, -0.2) is 52.7 Å². The number of rotatable bonds is 5. The molecule has 1 aliphatic rings. The molecule has 0 aliphatic carbocycles. The maximum absolute atomic E-state index is 12.8. The molecule has 7 nitrogen and oxygen atoms in total. The van der Waals surface area contributed by atoms with Gasteiger partial charge in [0.2, 0.25) is 11.8 Å². The first-order valence-corrected chi connectivity index (χ1v) is 7.76. The van der Waals surface area contributed by atoms with Crippen molar-refractivity contribution in [1.82, 2.24) is 14.7 Å². The van der Waals surface area contributed by atoms with Crippen LogP contribution in [0.1, 0.15) is 26.7 Å². The SMILES string of the molecule is CCC(CC)(CN)C(=O)N1CCN(c2cnn(C)c2)C(=O)C1. The molecule has 0 saturated carbocycles. The van der Waals surface area contributed by atoms with E-state index in [4.69, 9.17) is 5.73 Å². The zero-order valence-corrected chi connectivity index (χ0v) is 13.6. The average molecular weight is 307 g/mol. The zero-order valence-electron chi connectivity index (χ0n) is 13.6. The normalized spacial score (nSPS) is 16.3. The molecule has 2 heterocycles. The number of nitrogens with two attached hydrogens (primary N) is 1. The van der Waals surface area contributed by atoms with Gasteiger partial charge in [0.25, 0.3) is 0 Å². The molecular weight excluding hydrogens is 282 g/mol. The minimum absolute atomic E-state index is 0.000753. The first-order valence-electron chi connectivity index (χ1n) is 7.76. The van der Waals surface area contributed by atoms with Gasteiger partial charge in [-0.15, -0.1) is 0 Å². The van der Waals surface area contributed by atoms with Crippen molar-refractivity contribution >= 4 is 17.5 Å². The quantitative estimate of drug-likeness (QED) is 0.851. The van der Waals surface area contributed by atoms with Gasteiger partial charge in [0.1, 0.15) is 6.54 Å². The minimum atomic E-state index is -0.545. The Bertz CT molecular complexity index is 542. The van der Waals surface area contributed by atoms with Crippen molar-refractivity contribution in [3.63, 3.8) is 0 Å². The van der Waals surface area contributed by atoms with Crippen molar-refractivity contribution in [3.05, 3.63) is 12.4 Å². The maximum atomic E-state index is 12.8. The van der Waals surface area contributed by atoms with Gasteiger partial charge in [0.15, 0.2) is 0 Å². The molecule has 0 unspecified atom stereocenters. The second-order valence-corrected chi connectivity index (χ2v) is 5.84. The fourth-order valence-corrected chi connectivity index (χ4v) is 2.93. The van der Waals surface area contributed by atoms with Crippen molar-refractivity contribution < 1.29 is 9.59 Å². The van der Waals surface area contributed by atoms with Crippen LogP contribution in [0.2, 0.25) is 0 Å². The average Bonchev–Trinajstić information content (AvgIpc) is 2.95. The molecule has 0 bridgehead atoms. The zero-order chi connectivity index (χ0) is 16.3. The van der Waals surface area contributed by atoms with E-state index >= 15 is 0 Å². The highest BCUT2D eigenvalue weighted by molar-refractivity contribution is 5.98. The van der Waals surface area contributed by atoms with Crippen LogP contribution >= 0.6 is 0 Å². The molecule has 2 N–H and O–H groups in total. The Balaban J connectivity index is 2.09. The van der Waals surface area contributed by atoms with E-state index < -0.39 is 5.41 Å². The van der Waals surface area contributed by atoms with E-state index in [0.29, 0.717) is 32.5 Å². The lowest BCUT2D eigenvalue weighted by Gasteiger charge is -2.39. The molecule has 0 aromatic carbocycles. The summed E-state index contributed by atoms with van der Waals surface area (Å²) in [7, 11) is 1.81. The molecular formula is C15H25N5O2. The van der Waals surface area contributed by atoms with Crippen LogP contribution in [0.5, 0.6) is 0 Å². The molecule has 0 radical (unpaired) electrons. The van der Waals surface area contributed by atoms with Crippen molar-refractivity contribution in [2.75, 3.05) is 31.1 Å². The van der Waals surface area contributed by atoms with Crippen molar-refractivity contribution in [3.8, 4) is 0 Å². The van der Waals surface area contributed by atoms with E-state index in [1.165, 1.54) is 0 Å². The summed E-state index contributed by atoms with van der Waals surface area (Å²) in [6.07, 6.45) is 4.85. The number of nitrogens with zero attached hydrogens (tertiary/aromatic N) is 4. The number of aryl methyl sites for hydroxylation is 1. The van der Waals surface area contributed by atoms with E-state index in [-0.39, 0.29) is 18.4 Å². The largest absolute Gasteiger partial charge is 0.331 e. The van der Waals surface area contributed by atoms with Crippen LogP contribution in [0.3, 0.4) is 0 Å². The molecule has 1 saturated heterocycles. The first kappa shape index (κ1) is 16.5. The Kier molecular flexibility index (Phi) is 4.85. The number of amides is 2. The lowest BCUT2D eigenvalue weighted by atomic mass is 9.80. The summed E-state index contributed by atoms with van der Waals surface area (Å²) in [5.74, 6) is -0.0788. The van der Waals surface area contributed by atoms with Crippen molar-refractivity contribution in [2.24, 2.45) is 18.2 Å². The third-order valence-corrected chi connectivity index (χ3v) is 4.71. The van der Waals surface area contributed by atoms with Crippen LogP contribution in [0.15, 0.2) is 12.4 Å². The molecule has 22 heavy (non-hydrogen) atoms. The Hall–Kier alpha value is -1.89. The highest BCUT2D eigenvalue weighted by atomic mass is 16.2. The Labute approximate surface area is 131 Å². The van der Waals surface area contributed by atoms with Gasteiger partial charge in [0, 0.05) is 32.9 Å². The minimum Gasteiger partial charge on any atom is -0.331 e. The molecule has 2 rings (SSSR count). The standard InChI is InChI=1S/C15H25N5O2/c1-4-15(5-2,11-16)14(22)19-6-7-20(13(21)10-19)12-8-17-18(3)9-12/h8-9H,4-7,10-11,16H2,1-3H3. The van der Waals surface area contributed by atoms with Crippen LogP contribution in [0.25, 0.3) is 0 Å². The predicted octanol–water partition coefficient (Wildman–Crippen LogP) is 0.360. The Morgan fingerprint density at radius 3 is 2.50 bits per heavy atom. The van der Waals surface area contributed by atoms with Gasteiger partial charge in [-0.25, -0.2) is 0 Å². The van der Waals surface area contributed by atoms with E-state index in [1.54, 1.807) is 26.9 Å². The van der Waals surface area contributed by atoms with E-state index in [0.717, 1.165) is 5.69 Å². The van der Waals surface area contributed by atoms with Crippen LogP contribution < -0.4 is 10.6 Å². The number of hydrogen-bond donors (Lipinski definition) is 1. The third kappa shape index (κ3) is 2.85. The summed E-state index contributed by atoms with van der Waals surface area (Å²) >= 11 is 0. The number of aromatic nitrogens is 2. The predicted molar refractivity (Wildman–Crippen MR) is 84.2 cm³/mol. The van der Waals surface area contributed by atoms with E-state index in [2.05, 4.69) is 5.10 Å². The van der Waals surface area contributed by atoms with Gasteiger partial charge < -0.3 is 15.5 Å². The lowest BCUT2D eigenvalue weighted by molar-refractivity contribution is -0.145.